The highest BCUT2D eigenvalue weighted by Gasteiger charge is 2.39. The molecule has 0 bridgehead atoms. The fraction of sp³-hybridized carbons (Fsp3) is 0.538. The third-order valence-corrected chi connectivity index (χ3v) is 8.41. The lowest BCUT2D eigenvalue weighted by atomic mass is 10.0. The summed E-state index contributed by atoms with van der Waals surface area (Å²) in [6.45, 7) is 10.5. The molecule has 0 saturated heterocycles. The van der Waals surface area contributed by atoms with Gasteiger partial charge in [0.2, 0.25) is 7.44 Å². The van der Waals surface area contributed by atoms with Crippen molar-refractivity contribution in [2.45, 2.75) is 78.6 Å². The summed E-state index contributed by atoms with van der Waals surface area (Å²) in [5.74, 6) is -0.725. The van der Waals surface area contributed by atoms with Gasteiger partial charge in [0.25, 0.3) is 0 Å². The minimum atomic E-state index is -4.83. The zero-order valence-electron chi connectivity index (χ0n) is 24.4. The van der Waals surface area contributed by atoms with Gasteiger partial charge in [-0.1, -0.05) is 13.0 Å². The summed E-state index contributed by atoms with van der Waals surface area (Å²) < 4.78 is 69.4. The molecule has 0 saturated carbocycles. The molecule has 3 atom stereocenters. The van der Waals surface area contributed by atoms with E-state index >= 15 is 0 Å². The average Bonchev–Trinajstić information content (AvgIpc) is 3.28. The molecule has 2 aromatic heterocycles. The van der Waals surface area contributed by atoms with Gasteiger partial charge in [-0.15, -0.1) is 13.2 Å². The number of fused-ring (bicyclic) bond motifs is 1. The van der Waals surface area contributed by atoms with Crippen molar-refractivity contribution in [2.24, 2.45) is 0 Å². The SMILES string of the molecule is CCCOC(=O)C(C)(C)NP(=O)(COC(C)Cn1cnc2c(N)ncnc21)N[C@H](C)c1ccc(OC(F)(F)F)cc1C. The third-order valence-electron chi connectivity index (χ3n) is 6.18. The first-order chi connectivity index (χ1) is 19.5. The number of nitrogen functional groups attached to an aromatic ring is 1. The number of hydrogen-bond donors (Lipinski definition) is 3. The van der Waals surface area contributed by atoms with Crippen LogP contribution in [0.5, 0.6) is 5.75 Å². The van der Waals surface area contributed by atoms with Gasteiger partial charge in [-0.05, 0) is 64.3 Å². The van der Waals surface area contributed by atoms with Crippen molar-refractivity contribution in [1.29, 1.82) is 0 Å². The van der Waals surface area contributed by atoms with E-state index in [0.29, 0.717) is 35.3 Å². The van der Waals surface area contributed by atoms with E-state index in [1.807, 2.05) is 6.92 Å². The average molecular weight is 616 g/mol. The molecule has 2 heterocycles. The number of alkyl halides is 3. The second-order valence-corrected chi connectivity index (χ2v) is 12.7. The van der Waals surface area contributed by atoms with Crippen LogP contribution in [0.4, 0.5) is 19.0 Å². The lowest BCUT2D eigenvalue weighted by Gasteiger charge is -2.33. The van der Waals surface area contributed by atoms with E-state index in [1.165, 1.54) is 24.5 Å². The minimum absolute atomic E-state index is 0.198. The van der Waals surface area contributed by atoms with Gasteiger partial charge in [0, 0.05) is 6.04 Å². The number of carbonyl (C=O) groups is 1. The molecule has 12 nitrogen and oxygen atoms in total. The number of anilines is 1. The molecule has 0 amide bonds. The minimum Gasteiger partial charge on any atom is -0.464 e. The number of carbonyl (C=O) groups excluding carboxylic acids is 1. The van der Waals surface area contributed by atoms with Crippen LogP contribution in [0, 0.1) is 6.92 Å². The van der Waals surface area contributed by atoms with Crippen molar-refractivity contribution < 1.29 is 36.7 Å². The first kappa shape index (κ1) is 33.2. The molecule has 16 heteroatoms. The maximum atomic E-state index is 14.3. The van der Waals surface area contributed by atoms with Gasteiger partial charge in [-0.2, -0.15) is 0 Å². The Morgan fingerprint density at radius 3 is 2.55 bits per heavy atom. The highest BCUT2D eigenvalue weighted by atomic mass is 31.2. The zero-order valence-corrected chi connectivity index (χ0v) is 25.3. The second kappa shape index (κ2) is 13.4. The fourth-order valence-corrected chi connectivity index (χ4v) is 6.71. The summed E-state index contributed by atoms with van der Waals surface area (Å²) in [5, 5.41) is 5.94. The highest BCUT2D eigenvalue weighted by molar-refractivity contribution is 7.59. The van der Waals surface area contributed by atoms with Crippen LogP contribution in [0.25, 0.3) is 11.2 Å². The van der Waals surface area contributed by atoms with E-state index < -0.39 is 37.5 Å². The summed E-state index contributed by atoms with van der Waals surface area (Å²) in [7, 11) is -3.72. The maximum Gasteiger partial charge on any atom is 0.573 e. The van der Waals surface area contributed by atoms with Crippen LogP contribution in [0.15, 0.2) is 30.9 Å². The van der Waals surface area contributed by atoms with Gasteiger partial charge < -0.3 is 24.5 Å². The Morgan fingerprint density at radius 1 is 1.19 bits per heavy atom. The summed E-state index contributed by atoms with van der Waals surface area (Å²) in [5.41, 5.74) is 6.52. The van der Waals surface area contributed by atoms with Crippen LogP contribution in [0.2, 0.25) is 0 Å². The number of benzene rings is 1. The summed E-state index contributed by atoms with van der Waals surface area (Å²) >= 11 is 0. The number of nitrogens with two attached hydrogens (primary N) is 1. The molecule has 2 unspecified atom stereocenters. The Labute approximate surface area is 242 Å². The number of imidazole rings is 1. The second-order valence-electron chi connectivity index (χ2n) is 10.5. The number of halogens is 3. The van der Waals surface area contributed by atoms with Crippen LogP contribution in [-0.2, 0) is 25.4 Å². The van der Waals surface area contributed by atoms with Crippen molar-refractivity contribution >= 4 is 30.4 Å². The van der Waals surface area contributed by atoms with Crippen molar-refractivity contribution in [2.75, 3.05) is 18.7 Å². The molecule has 0 aliphatic heterocycles. The molecule has 0 spiro atoms. The molecule has 42 heavy (non-hydrogen) atoms. The zero-order chi connectivity index (χ0) is 31.3. The topological polar surface area (TPSA) is 156 Å². The lowest BCUT2D eigenvalue weighted by Crippen LogP contribution is -2.49. The normalized spacial score (nSPS) is 15.3. The molecular weight excluding hydrogens is 578 g/mol. The van der Waals surface area contributed by atoms with E-state index in [9.17, 15) is 22.5 Å². The highest BCUT2D eigenvalue weighted by Crippen LogP contribution is 2.43. The van der Waals surface area contributed by atoms with Crippen LogP contribution >= 0.6 is 7.44 Å². The molecule has 3 rings (SSSR count). The summed E-state index contributed by atoms with van der Waals surface area (Å²) in [4.78, 5) is 25.1. The van der Waals surface area contributed by atoms with Gasteiger partial charge in [0.05, 0.1) is 25.6 Å². The molecule has 0 radical (unpaired) electrons. The Bertz CT molecular complexity index is 1430. The lowest BCUT2D eigenvalue weighted by molar-refractivity contribution is -0.274. The standard InChI is InChI=1S/C26H37F3N7O5P/c1-7-10-39-24(37)25(5,6)35-42(38,34-18(4)20-9-8-19(11-16(20)2)41-26(27,28)29)15-40-17(3)12-36-14-33-21-22(30)31-13-32-23(21)36/h8-9,11,13-14,17-18H,7,10,12,15H2,1-6H3,(H2,30,31,32)(H2,34,35,38)/t17?,18-,42?/m1/s1. The number of nitrogens with one attached hydrogen (secondary N) is 2. The van der Waals surface area contributed by atoms with Crippen molar-refractivity contribution in [3.63, 3.8) is 0 Å². The smallest absolute Gasteiger partial charge is 0.464 e. The quantitative estimate of drug-likeness (QED) is 0.168. The van der Waals surface area contributed by atoms with Gasteiger partial charge in [0.15, 0.2) is 11.5 Å². The molecule has 0 aliphatic rings. The van der Waals surface area contributed by atoms with Crippen LogP contribution in [0.3, 0.4) is 0 Å². The molecular formula is C26H37F3N7O5P. The number of hydrogen-bond acceptors (Lipinski definition) is 9. The number of aromatic nitrogens is 4. The van der Waals surface area contributed by atoms with Gasteiger partial charge in [0.1, 0.15) is 29.5 Å². The molecule has 232 valence electrons. The van der Waals surface area contributed by atoms with Crippen LogP contribution in [-0.4, -0.2) is 56.4 Å². The van der Waals surface area contributed by atoms with E-state index in [2.05, 4.69) is 29.9 Å². The monoisotopic (exact) mass is 615 g/mol. The molecule has 3 aromatic rings. The maximum absolute atomic E-state index is 14.3. The molecule has 4 N–H and O–H groups in total. The Balaban J connectivity index is 1.80. The van der Waals surface area contributed by atoms with Crippen molar-refractivity contribution in [3.05, 3.63) is 42.0 Å². The van der Waals surface area contributed by atoms with Gasteiger partial charge in [-0.3, -0.25) is 9.36 Å². The Morgan fingerprint density at radius 2 is 1.90 bits per heavy atom. The first-order valence-electron chi connectivity index (χ1n) is 13.3. The number of nitrogens with zero attached hydrogens (tertiary/aromatic N) is 4. The van der Waals surface area contributed by atoms with Crippen LogP contribution in [0.1, 0.15) is 58.2 Å². The van der Waals surface area contributed by atoms with E-state index in [1.54, 1.807) is 45.5 Å². The summed E-state index contributed by atoms with van der Waals surface area (Å²) in [6, 6.07) is 3.26. The fourth-order valence-electron chi connectivity index (χ4n) is 4.28. The van der Waals surface area contributed by atoms with Gasteiger partial charge >= 0.3 is 12.3 Å². The van der Waals surface area contributed by atoms with Crippen molar-refractivity contribution in [3.8, 4) is 5.75 Å². The number of rotatable bonds is 14. The molecule has 1 aromatic carbocycles. The van der Waals surface area contributed by atoms with E-state index in [-0.39, 0.29) is 24.5 Å². The third kappa shape index (κ3) is 8.87. The largest absolute Gasteiger partial charge is 0.573 e. The summed E-state index contributed by atoms with van der Waals surface area (Å²) in [6.07, 6.45) is -2.15. The Kier molecular flexibility index (Phi) is 10.6. The predicted molar refractivity (Wildman–Crippen MR) is 151 cm³/mol. The van der Waals surface area contributed by atoms with Crippen LogP contribution < -0.4 is 20.6 Å². The number of esters is 1. The first-order valence-corrected chi connectivity index (χ1v) is 15.2. The molecule has 0 aliphatic carbocycles. The molecule has 0 fully saturated rings. The predicted octanol–water partition coefficient (Wildman–Crippen LogP) is 4.84. The van der Waals surface area contributed by atoms with E-state index in [0.717, 1.165) is 0 Å². The van der Waals surface area contributed by atoms with E-state index in [4.69, 9.17) is 15.2 Å². The van der Waals surface area contributed by atoms with Gasteiger partial charge in [-0.25, -0.2) is 25.1 Å². The number of ether oxygens (including phenoxy) is 3. The Hall–Kier alpha value is -3.26. The van der Waals surface area contributed by atoms with Crippen molar-refractivity contribution in [1.82, 2.24) is 29.7 Å². The number of aryl methyl sites for hydroxylation is 1.